The Morgan fingerprint density at radius 3 is 1.00 bits per heavy atom. The van der Waals surface area contributed by atoms with E-state index in [0.717, 1.165) is 0 Å². The van der Waals surface area contributed by atoms with Gasteiger partial charge in [-0.3, -0.25) is 0 Å². The van der Waals surface area contributed by atoms with Crippen molar-refractivity contribution in [3.8, 4) is 0 Å². The van der Waals surface area contributed by atoms with Gasteiger partial charge in [-0.2, -0.15) is 0 Å². The molecule has 0 aliphatic carbocycles. The Labute approximate surface area is 110 Å². The number of hydrogen-bond acceptors (Lipinski definition) is 0. The fourth-order valence-corrected chi connectivity index (χ4v) is 0. The van der Waals surface area contributed by atoms with Crippen molar-refractivity contribution in [2.45, 2.75) is 0 Å². The molecule has 0 rings (SSSR count). The van der Waals surface area contributed by atoms with Crippen molar-refractivity contribution in [1.82, 2.24) is 0 Å². The van der Waals surface area contributed by atoms with Crippen molar-refractivity contribution in [1.29, 1.82) is 0 Å². The first-order valence-corrected chi connectivity index (χ1v) is 0. The summed E-state index contributed by atoms with van der Waals surface area (Å²) >= 11 is 0. The minimum atomic E-state index is 0. The van der Waals surface area contributed by atoms with E-state index < -0.39 is 0 Å². The van der Waals surface area contributed by atoms with Crippen LogP contribution >= 0.6 is 0 Å². The monoisotopic (exact) mass is 603 g/mol. The molecule has 0 bridgehead atoms. The molecule has 0 saturated heterocycles. The van der Waals surface area contributed by atoms with E-state index in [1.807, 2.05) is 0 Å². The van der Waals surface area contributed by atoms with Gasteiger partial charge in [-0.1, -0.05) is 0 Å². The van der Waals surface area contributed by atoms with Gasteiger partial charge in [-0.25, -0.2) is 0 Å². The topological polar surface area (TPSA) is 0 Å². The van der Waals surface area contributed by atoms with Crippen molar-refractivity contribution in [2.24, 2.45) is 0 Å². The van der Waals surface area contributed by atoms with Gasteiger partial charge in [-0.15, -0.1) is 0 Å². The average Bonchev–Trinajstić information content (AvgIpc) is 0. The van der Waals surface area contributed by atoms with Crippen molar-refractivity contribution < 1.29 is 61.6 Å². The molecule has 4 heteroatoms. The maximum absolute atomic E-state index is 0. The molecule has 0 unspecified atom stereocenters. The Balaban J connectivity index is 0. The predicted octanol–water partition coefficient (Wildman–Crippen LogP) is -0.388. The second-order valence-corrected chi connectivity index (χ2v) is 0. The van der Waals surface area contributed by atoms with Crippen molar-refractivity contribution >= 4 is 51.4 Å². The van der Waals surface area contributed by atoms with Crippen LogP contribution in [0.2, 0.25) is 0 Å². The van der Waals surface area contributed by atoms with Gasteiger partial charge >= 0.3 is 0 Å². The van der Waals surface area contributed by atoms with Gasteiger partial charge in [0.15, 0.2) is 0 Å². The van der Waals surface area contributed by atoms with Crippen LogP contribution in [0, 0.1) is 0 Å². The molecule has 0 fully saturated rings. The molecule has 3 radical (unpaired) electrons. The van der Waals surface area contributed by atoms with Crippen LogP contribution in [0.4, 0.5) is 0 Å². The first-order chi connectivity index (χ1) is 0. The first-order valence-electron chi connectivity index (χ1n) is 0. The van der Waals surface area contributed by atoms with E-state index in [1.54, 1.807) is 0 Å². The smallest absolute Gasteiger partial charge is 0 e. The summed E-state index contributed by atoms with van der Waals surface area (Å²) in [4.78, 5) is 0. The van der Waals surface area contributed by atoms with E-state index in [9.17, 15) is 0 Å². The SMILES string of the molecule is [Ir].[K].[Re].[W]. The molecule has 0 atom stereocenters. The molecule has 0 heterocycles. The molecule has 0 aromatic heterocycles. The molecule has 0 aromatic rings. The van der Waals surface area contributed by atoms with Crippen LogP contribution in [0.25, 0.3) is 0 Å². The first kappa shape index (κ1) is 25.4. The molecule has 0 spiro atoms. The second kappa shape index (κ2) is 15.9. The molecule has 23 valence electrons. The summed E-state index contributed by atoms with van der Waals surface area (Å²) in [6, 6.07) is 0. The van der Waals surface area contributed by atoms with Crippen LogP contribution in [0.3, 0.4) is 0 Å². The minimum Gasteiger partial charge on any atom is 0 e. The standard InChI is InChI=1S/Ir.K.Re.W. The summed E-state index contributed by atoms with van der Waals surface area (Å²) in [6.07, 6.45) is 0. The fraction of sp³-hybridized carbons (Fsp3) is 0. The van der Waals surface area contributed by atoms with Crippen LogP contribution in [-0.4, -0.2) is 51.4 Å². The molecule has 0 aliphatic rings. The minimum absolute atomic E-state index is 0. The van der Waals surface area contributed by atoms with Crippen LogP contribution < -0.4 is 0 Å². The largest absolute Gasteiger partial charge is 0 e. The van der Waals surface area contributed by atoms with Gasteiger partial charge in [0.1, 0.15) is 0 Å². The van der Waals surface area contributed by atoms with Crippen LogP contribution in [0.5, 0.6) is 0 Å². The van der Waals surface area contributed by atoms with E-state index in [4.69, 9.17) is 0 Å². The van der Waals surface area contributed by atoms with Gasteiger partial charge in [0.2, 0.25) is 0 Å². The van der Waals surface area contributed by atoms with E-state index in [1.165, 1.54) is 0 Å². The molecule has 0 N–H and O–H groups in total. The van der Waals surface area contributed by atoms with Crippen molar-refractivity contribution in [3.63, 3.8) is 0 Å². The van der Waals surface area contributed by atoms with Crippen molar-refractivity contribution in [2.75, 3.05) is 0 Å². The average molecular weight is 601 g/mol. The molecule has 0 nitrogen and oxygen atoms in total. The number of rotatable bonds is 0. The summed E-state index contributed by atoms with van der Waals surface area (Å²) < 4.78 is 0. The molecule has 0 aliphatic heterocycles. The third-order valence-corrected chi connectivity index (χ3v) is 0. The Kier molecular flexibility index (Phi) is 101. The Morgan fingerprint density at radius 2 is 1.00 bits per heavy atom. The van der Waals surface area contributed by atoms with Gasteiger partial charge in [0.05, 0.1) is 0 Å². The van der Waals surface area contributed by atoms with E-state index in [2.05, 4.69) is 0 Å². The second-order valence-electron chi connectivity index (χ2n) is 0. The van der Waals surface area contributed by atoms with Crippen LogP contribution in [-0.2, 0) is 61.6 Å². The van der Waals surface area contributed by atoms with Crippen LogP contribution in [0.15, 0.2) is 0 Å². The molecule has 0 aromatic carbocycles. The Hall–Kier alpha value is 3.64. The van der Waals surface area contributed by atoms with Gasteiger partial charge in [0.25, 0.3) is 0 Å². The summed E-state index contributed by atoms with van der Waals surface area (Å²) in [5.74, 6) is 0. The molecule has 4 heavy (non-hydrogen) atoms. The zero-order valence-corrected chi connectivity index (χ0v) is 13.3. The molecular weight excluding hydrogens is 601 g/mol. The Bertz CT molecular complexity index is 8.00. The predicted molar refractivity (Wildman–Crippen MR) is 5.75 cm³/mol. The summed E-state index contributed by atoms with van der Waals surface area (Å²) in [7, 11) is 0. The van der Waals surface area contributed by atoms with Gasteiger partial charge in [-0.05, 0) is 0 Å². The molecular formula is IrKReW. The third kappa shape index (κ3) is 9.16. The summed E-state index contributed by atoms with van der Waals surface area (Å²) in [5.41, 5.74) is 0. The van der Waals surface area contributed by atoms with Crippen LogP contribution in [0.1, 0.15) is 0 Å². The molecule has 0 saturated carbocycles. The normalized spacial score (nSPS) is 0. The van der Waals surface area contributed by atoms with E-state index in [-0.39, 0.29) is 113 Å². The molecule has 0 amide bonds. The maximum Gasteiger partial charge on any atom is 0 e. The van der Waals surface area contributed by atoms with Crippen molar-refractivity contribution in [3.05, 3.63) is 0 Å². The third-order valence-electron chi connectivity index (χ3n) is 0. The van der Waals surface area contributed by atoms with E-state index >= 15 is 0 Å². The number of hydrogen-bond donors (Lipinski definition) is 0. The van der Waals surface area contributed by atoms with E-state index in [0.29, 0.717) is 0 Å². The maximum atomic E-state index is 0. The van der Waals surface area contributed by atoms with Gasteiger partial charge < -0.3 is 0 Å². The quantitative estimate of drug-likeness (QED) is 0.333. The summed E-state index contributed by atoms with van der Waals surface area (Å²) in [6.45, 7) is 0. The van der Waals surface area contributed by atoms with Gasteiger partial charge in [0, 0.05) is 113 Å². The Morgan fingerprint density at radius 1 is 1.00 bits per heavy atom. The zero-order chi connectivity index (χ0) is 0. The zero-order valence-electron chi connectivity index (χ0n) is 2.12. The summed E-state index contributed by atoms with van der Waals surface area (Å²) in [5, 5.41) is 0. The fourth-order valence-electron chi connectivity index (χ4n) is 0.